The molecule has 0 bridgehead atoms. The summed E-state index contributed by atoms with van der Waals surface area (Å²) < 4.78 is 36.5. The van der Waals surface area contributed by atoms with Gasteiger partial charge < -0.3 is 14.2 Å². The van der Waals surface area contributed by atoms with Crippen molar-refractivity contribution in [3.05, 3.63) is 64.9 Å². The van der Waals surface area contributed by atoms with Gasteiger partial charge in [-0.1, -0.05) is 45.2 Å². The van der Waals surface area contributed by atoms with Crippen LogP contribution in [0, 0.1) is 35.3 Å². The minimum atomic E-state index is -0.824. The number of hydrogen-bond acceptors (Lipinski definition) is 5. The lowest BCUT2D eigenvalue weighted by Gasteiger charge is -2.42. The van der Waals surface area contributed by atoms with Crippen LogP contribution in [0.2, 0.25) is 0 Å². The number of fused-ring (bicyclic) bond motifs is 3. The number of benzene rings is 2. The maximum Gasteiger partial charge on any atom is 0.411 e. The highest BCUT2D eigenvalue weighted by molar-refractivity contribution is 5.95. The Hall–Kier alpha value is -4.41. The highest BCUT2D eigenvalue weighted by Gasteiger charge is 2.42. The Morgan fingerprint density at radius 1 is 1.12 bits per heavy atom. The molecule has 0 radical (unpaired) electrons. The smallest absolute Gasteiger partial charge is 0.411 e. The third-order valence-corrected chi connectivity index (χ3v) is 7.44. The Kier molecular flexibility index (Phi) is 10.2. The largest absolute Gasteiger partial charge is 0.449 e. The third-order valence-electron chi connectivity index (χ3n) is 7.44. The molecule has 0 saturated heterocycles. The molecule has 0 unspecified atom stereocenters. The van der Waals surface area contributed by atoms with Crippen LogP contribution in [-0.2, 0) is 22.5 Å². The molecule has 2 atom stereocenters. The van der Waals surface area contributed by atoms with Crippen molar-refractivity contribution in [1.29, 1.82) is 5.26 Å². The summed E-state index contributed by atoms with van der Waals surface area (Å²) in [6.07, 6.45) is 9.26. The topological polar surface area (TPSA) is 99.4 Å². The molecular formula is C32H35F2N5O3. The summed E-state index contributed by atoms with van der Waals surface area (Å²) >= 11 is 0. The lowest BCUT2D eigenvalue weighted by Crippen LogP contribution is -2.54. The number of halogens is 2. The van der Waals surface area contributed by atoms with Gasteiger partial charge in [-0.3, -0.25) is 15.4 Å². The predicted octanol–water partition coefficient (Wildman–Crippen LogP) is 6.00. The monoisotopic (exact) mass is 575 g/mol. The Balaban J connectivity index is 1.82. The summed E-state index contributed by atoms with van der Waals surface area (Å²) in [5.74, 6) is 0.108. The van der Waals surface area contributed by atoms with Crippen LogP contribution in [0.15, 0.2) is 36.4 Å². The van der Waals surface area contributed by atoms with Crippen LogP contribution in [-0.4, -0.2) is 40.8 Å². The zero-order valence-electron chi connectivity index (χ0n) is 23.9. The summed E-state index contributed by atoms with van der Waals surface area (Å²) in [4.78, 5) is 27.1. The first-order valence-electron chi connectivity index (χ1n) is 14.3. The second-order valence-electron chi connectivity index (χ2n) is 10.3. The van der Waals surface area contributed by atoms with Crippen LogP contribution in [0.5, 0.6) is 0 Å². The van der Waals surface area contributed by atoms with Gasteiger partial charge >= 0.3 is 6.09 Å². The summed E-state index contributed by atoms with van der Waals surface area (Å²) in [5, 5.41) is 16.1. The zero-order valence-corrected chi connectivity index (χ0v) is 23.9. The number of ether oxygens (including phenoxy) is 1. The van der Waals surface area contributed by atoms with E-state index in [0.717, 1.165) is 38.2 Å². The van der Waals surface area contributed by atoms with E-state index >= 15 is 4.39 Å². The molecule has 0 fully saturated rings. The minimum Gasteiger partial charge on any atom is -0.449 e. The molecule has 2 aromatic carbocycles. The Bertz CT molecular complexity index is 1520. The van der Waals surface area contributed by atoms with Crippen LogP contribution in [0.25, 0.3) is 10.9 Å². The van der Waals surface area contributed by atoms with Gasteiger partial charge in [0.2, 0.25) is 0 Å². The third kappa shape index (κ3) is 6.40. The number of aromatic nitrogens is 1. The van der Waals surface area contributed by atoms with E-state index in [4.69, 9.17) is 11.2 Å². The van der Waals surface area contributed by atoms with Gasteiger partial charge in [0.05, 0.1) is 30.1 Å². The molecule has 2 heterocycles. The molecule has 0 saturated carbocycles. The molecule has 2 amide bonds. The van der Waals surface area contributed by atoms with Gasteiger partial charge in [-0.25, -0.2) is 13.6 Å². The van der Waals surface area contributed by atoms with Crippen LogP contribution in [0.1, 0.15) is 68.8 Å². The van der Waals surface area contributed by atoms with Crippen molar-refractivity contribution in [1.82, 2.24) is 14.8 Å². The normalized spacial score (nSPS) is 16.0. The maximum absolute atomic E-state index is 15.3. The Labute approximate surface area is 244 Å². The second-order valence-corrected chi connectivity index (χ2v) is 10.3. The van der Waals surface area contributed by atoms with Crippen LogP contribution < -0.4 is 10.6 Å². The van der Waals surface area contributed by atoms with E-state index in [2.05, 4.69) is 29.5 Å². The molecule has 220 valence electrons. The average Bonchev–Trinajstić information content (AvgIpc) is 3.28. The molecule has 42 heavy (non-hydrogen) atoms. The number of hydrogen-bond donors (Lipinski definition) is 2. The van der Waals surface area contributed by atoms with Crippen molar-refractivity contribution in [2.45, 2.75) is 71.1 Å². The summed E-state index contributed by atoms with van der Waals surface area (Å²) in [5.41, 5.74) is 2.32. The molecule has 0 spiro atoms. The first-order chi connectivity index (χ1) is 20.3. The van der Waals surface area contributed by atoms with Crippen molar-refractivity contribution in [2.75, 3.05) is 18.5 Å². The fourth-order valence-electron chi connectivity index (χ4n) is 5.54. The average molecular weight is 576 g/mol. The maximum atomic E-state index is 15.3. The highest BCUT2D eigenvalue weighted by atomic mass is 19.1. The van der Waals surface area contributed by atoms with Crippen molar-refractivity contribution in [3.63, 3.8) is 0 Å². The fourth-order valence-corrected chi connectivity index (χ4v) is 5.54. The molecule has 0 aliphatic carbocycles. The van der Waals surface area contributed by atoms with Crippen molar-refractivity contribution in [2.24, 2.45) is 0 Å². The first-order valence-corrected chi connectivity index (χ1v) is 14.3. The SMILES string of the molecule is C#CC(=O)N1[C@@H](c2ccc(NC(=O)OCCCCC)cc2)c2c(c3cc(F)cc(F)c3n2CC#N)C[C@@H]1NCCCC. The van der Waals surface area contributed by atoms with Gasteiger partial charge in [-0.2, -0.15) is 5.26 Å². The van der Waals surface area contributed by atoms with E-state index < -0.39 is 35.8 Å². The van der Waals surface area contributed by atoms with Crippen molar-refractivity contribution in [3.8, 4) is 18.4 Å². The molecule has 10 heteroatoms. The summed E-state index contributed by atoms with van der Waals surface area (Å²) in [7, 11) is 0. The predicted molar refractivity (Wildman–Crippen MR) is 156 cm³/mol. The van der Waals surface area contributed by atoms with Gasteiger partial charge in [0.1, 0.15) is 24.2 Å². The van der Waals surface area contributed by atoms with E-state index in [0.29, 0.717) is 41.0 Å². The lowest BCUT2D eigenvalue weighted by molar-refractivity contribution is -0.130. The zero-order chi connectivity index (χ0) is 30.2. The van der Waals surface area contributed by atoms with Crippen LogP contribution >= 0.6 is 0 Å². The summed E-state index contributed by atoms with van der Waals surface area (Å²) in [6.45, 7) is 4.80. The number of nitrogens with zero attached hydrogens (tertiary/aromatic N) is 3. The van der Waals surface area contributed by atoms with Gasteiger partial charge in [0.25, 0.3) is 5.91 Å². The molecule has 1 aromatic heterocycles. The minimum absolute atomic E-state index is 0.0966. The van der Waals surface area contributed by atoms with Crippen molar-refractivity contribution >= 4 is 28.6 Å². The van der Waals surface area contributed by atoms with E-state index in [9.17, 15) is 19.2 Å². The number of carbonyl (C=O) groups is 2. The number of nitrogens with one attached hydrogen (secondary N) is 2. The summed E-state index contributed by atoms with van der Waals surface area (Å²) in [6, 6.07) is 10.1. The number of amides is 2. The fraction of sp³-hybridized carbons (Fsp3) is 0.406. The standard InChI is InChI=1S/C32H35F2N5O3/c1-4-7-9-17-42-32(41)37-23-12-10-21(11-13-23)29-31-25(20-27(36-15-8-5-2)39(29)28(40)6-3)24-18-22(33)19-26(34)30(24)38(31)16-14-35/h3,10-13,18-19,27,29,36H,4-5,7-9,15-17,20H2,1-2H3,(H,37,41)/t27-,29+/m1/s1. The molecule has 1 aliphatic rings. The number of rotatable bonds is 11. The molecule has 3 aromatic rings. The molecular weight excluding hydrogens is 540 g/mol. The van der Waals surface area contributed by atoms with E-state index in [1.54, 1.807) is 24.3 Å². The number of carbonyl (C=O) groups excluding carboxylic acids is 2. The quantitative estimate of drug-likeness (QED) is 0.216. The number of nitriles is 1. The van der Waals surface area contributed by atoms with Gasteiger partial charge in [-0.15, -0.1) is 6.42 Å². The second kappa shape index (κ2) is 14.0. The molecule has 8 nitrogen and oxygen atoms in total. The van der Waals surface area contributed by atoms with Gasteiger partial charge in [-0.05, 0) is 54.6 Å². The number of unbranched alkanes of at least 4 members (excludes halogenated alkanes) is 3. The highest BCUT2D eigenvalue weighted by Crippen LogP contribution is 2.43. The molecule has 1 aliphatic heterocycles. The van der Waals surface area contributed by atoms with Crippen LogP contribution in [0.3, 0.4) is 0 Å². The van der Waals surface area contributed by atoms with E-state index in [1.165, 1.54) is 15.5 Å². The van der Waals surface area contributed by atoms with Crippen LogP contribution in [0.4, 0.5) is 19.3 Å². The van der Waals surface area contributed by atoms with E-state index in [-0.39, 0.29) is 18.5 Å². The van der Waals surface area contributed by atoms with E-state index in [1.807, 2.05) is 6.92 Å². The van der Waals surface area contributed by atoms with Gasteiger partial charge in [0, 0.05) is 23.6 Å². The molecule has 4 rings (SSSR count). The Morgan fingerprint density at radius 3 is 2.52 bits per heavy atom. The van der Waals surface area contributed by atoms with Gasteiger partial charge in [0.15, 0.2) is 0 Å². The number of anilines is 1. The Morgan fingerprint density at radius 2 is 1.86 bits per heavy atom. The first kappa shape index (κ1) is 30.5. The molecule has 2 N–H and O–H groups in total. The number of terminal acetylenes is 1. The lowest BCUT2D eigenvalue weighted by atomic mass is 9.90. The van der Waals surface area contributed by atoms with Crippen molar-refractivity contribution < 1.29 is 23.1 Å².